The number of Topliss-reactive ketones (excluding diaryl/α,β-unsaturated/α-hetero) is 1. The Morgan fingerprint density at radius 1 is 1.50 bits per heavy atom. The number of hydrogen-bond donors (Lipinski definition) is 1. The summed E-state index contributed by atoms with van der Waals surface area (Å²) < 4.78 is 5.29. The van der Waals surface area contributed by atoms with Crippen molar-refractivity contribution in [3.05, 3.63) is 29.8 Å². The van der Waals surface area contributed by atoms with Gasteiger partial charge in [-0.25, -0.2) is 0 Å². The maximum absolute atomic E-state index is 12.5. The second kappa shape index (κ2) is 5.11. The molecule has 0 bridgehead atoms. The Balaban J connectivity index is 2.16. The molecule has 2 atom stereocenters. The number of nitrogens with two attached hydrogens (primary N) is 1. The van der Waals surface area contributed by atoms with Crippen molar-refractivity contribution in [1.82, 2.24) is 0 Å². The Bertz CT molecular complexity index is 444. The predicted molar refractivity (Wildman–Crippen MR) is 71.6 cm³/mol. The summed E-state index contributed by atoms with van der Waals surface area (Å²) in [6.45, 7) is 2.00. The normalized spacial score (nSPS) is 27.2. The van der Waals surface area contributed by atoms with Crippen molar-refractivity contribution in [3.63, 3.8) is 0 Å². The number of benzene rings is 1. The predicted octanol–water partition coefficient (Wildman–Crippen LogP) is 2.32. The van der Waals surface area contributed by atoms with E-state index in [2.05, 4.69) is 0 Å². The molecule has 1 aromatic rings. The van der Waals surface area contributed by atoms with Gasteiger partial charge in [-0.15, -0.1) is 0 Å². The maximum Gasteiger partial charge on any atom is 0.144 e. The number of carbonyl (C=O) groups is 1. The molecule has 0 aliphatic heterocycles. The zero-order valence-electron chi connectivity index (χ0n) is 11.1. The Morgan fingerprint density at radius 2 is 2.22 bits per heavy atom. The standard InChI is InChI=1S/C15H21NO2/c1-15(9-5-8-13(15)16)14(17)10-11-6-3-4-7-12(11)18-2/h3-4,6-7,13H,5,8-10,16H2,1-2H3. The van der Waals surface area contributed by atoms with Gasteiger partial charge in [-0.05, 0) is 18.9 Å². The molecule has 1 fully saturated rings. The molecule has 1 aliphatic rings. The van der Waals surface area contributed by atoms with E-state index in [0.29, 0.717) is 6.42 Å². The van der Waals surface area contributed by atoms with Crippen LogP contribution >= 0.6 is 0 Å². The van der Waals surface area contributed by atoms with E-state index >= 15 is 0 Å². The molecule has 3 heteroatoms. The van der Waals surface area contributed by atoms with E-state index in [1.807, 2.05) is 31.2 Å². The largest absolute Gasteiger partial charge is 0.496 e. The highest BCUT2D eigenvalue weighted by atomic mass is 16.5. The Labute approximate surface area is 108 Å². The van der Waals surface area contributed by atoms with Crippen molar-refractivity contribution < 1.29 is 9.53 Å². The first kappa shape index (κ1) is 13.1. The second-order valence-electron chi connectivity index (χ2n) is 5.33. The Hall–Kier alpha value is -1.35. The van der Waals surface area contributed by atoms with Crippen LogP contribution in [0.25, 0.3) is 0 Å². The summed E-state index contributed by atoms with van der Waals surface area (Å²) in [5.41, 5.74) is 6.68. The fourth-order valence-electron chi connectivity index (χ4n) is 2.76. The lowest BCUT2D eigenvalue weighted by atomic mass is 9.78. The first-order valence-corrected chi connectivity index (χ1v) is 6.48. The number of carbonyl (C=O) groups excluding carboxylic acids is 1. The minimum Gasteiger partial charge on any atom is -0.496 e. The number of hydrogen-bond acceptors (Lipinski definition) is 3. The van der Waals surface area contributed by atoms with Crippen LogP contribution in [0.2, 0.25) is 0 Å². The van der Waals surface area contributed by atoms with Gasteiger partial charge in [0.25, 0.3) is 0 Å². The molecule has 1 aliphatic carbocycles. The molecule has 98 valence electrons. The molecule has 0 heterocycles. The highest BCUT2D eigenvalue weighted by Crippen LogP contribution is 2.38. The lowest BCUT2D eigenvalue weighted by Gasteiger charge is -2.27. The first-order valence-electron chi connectivity index (χ1n) is 6.48. The molecule has 3 nitrogen and oxygen atoms in total. The van der Waals surface area contributed by atoms with Crippen LogP contribution in [0.1, 0.15) is 31.7 Å². The summed E-state index contributed by atoms with van der Waals surface area (Å²) in [7, 11) is 1.63. The smallest absolute Gasteiger partial charge is 0.144 e. The number of rotatable bonds is 4. The van der Waals surface area contributed by atoms with Crippen LogP contribution in [0.4, 0.5) is 0 Å². The van der Waals surface area contributed by atoms with Crippen molar-refractivity contribution in [2.75, 3.05) is 7.11 Å². The van der Waals surface area contributed by atoms with Crippen molar-refractivity contribution in [2.24, 2.45) is 11.1 Å². The third-order valence-electron chi connectivity index (χ3n) is 4.21. The fourth-order valence-corrected chi connectivity index (χ4v) is 2.76. The lowest BCUT2D eigenvalue weighted by Crippen LogP contribution is -2.41. The molecule has 0 amide bonds. The average molecular weight is 247 g/mol. The van der Waals surface area contributed by atoms with Gasteiger partial charge in [-0.2, -0.15) is 0 Å². The maximum atomic E-state index is 12.5. The van der Waals surface area contributed by atoms with Gasteiger partial charge in [0.1, 0.15) is 11.5 Å². The van der Waals surface area contributed by atoms with Gasteiger partial charge in [-0.1, -0.05) is 31.5 Å². The molecule has 0 aromatic heterocycles. The molecular weight excluding hydrogens is 226 g/mol. The van der Waals surface area contributed by atoms with E-state index < -0.39 is 0 Å². The lowest BCUT2D eigenvalue weighted by molar-refractivity contribution is -0.127. The SMILES string of the molecule is COc1ccccc1CC(=O)C1(C)CCCC1N. The van der Waals surface area contributed by atoms with Gasteiger partial charge in [0, 0.05) is 23.4 Å². The topological polar surface area (TPSA) is 52.3 Å². The molecule has 1 saturated carbocycles. The van der Waals surface area contributed by atoms with Crippen molar-refractivity contribution in [1.29, 1.82) is 0 Å². The highest BCUT2D eigenvalue weighted by Gasteiger charge is 2.42. The quantitative estimate of drug-likeness (QED) is 0.888. The molecule has 1 aromatic carbocycles. The van der Waals surface area contributed by atoms with E-state index in [4.69, 9.17) is 10.5 Å². The summed E-state index contributed by atoms with van der Waals surface area (Å²) in [5.74, 6) is 1.01. The zero-order valence-corrected chi connectivity index (χ0v) is 11.1. The van der Waals surface area contributed by atoms with Crippen LogP contribution in [0.5, 0.6) is 5.75 Å². The van der Waals surface area contributed by atoms with Crippen LogP contribution in [0.15, 0.2) is 24.3 Å². The van der Waals surface area contributed by atoms with Crippen LogP contribution in [0.3, 0.4) is 0 Å². The van der Waals surface area contributed by atoms with Crippen LogP contribution in [-0.4, -0.2) is 18.9 Å². The molecular formula is C15H21NO2. The monoisotopic (exact) mass is 247 g/mol. The molecule has 18 heavy (non-hydrogen) atoms. The van der Waals surface area contributed by atoms with E-state index in [1.54, 1.807) is 7.11 Å². The van der Waals surface area contributed by atoms with Gasteiger partial charge in [-0.3, -0.25) is 4.79 Å². The van der Waals surface area contributed by atoms with Crippen LogP contribution in [-0.2, 0) is 11.2 Å². The Kier molecular flexibility index (Phi) is 3.71. The number of para-hydroxylation sites is 1. The van der Waals surface area contributed by atoms with E-state index in [-0.39, 0.29) is 17.2 Å². The van der Waals surface area contributed by atoms with Crippen LogP contribution < -0.4 is 10.5 Å². The molecule has 2 rings (SSSR count). The minimum absolute atomic E-state index is 0.000271. The summed E-state index contributed by atoms with van der Waals surface area (Å²) in [6, 6.07) is 7.68. The van der Waals surface area contributed by atoms with Crippen molar-refractivity contribution in [3.8, 4) is 5.75 Å². The van der Waals surface area contributed by atoms with Crippen LogP contribution in [0, 0.1) is 5.41 Å². The molecule has 2 unspecified atom stereocenters. The van der Waals surface area contributed by atoms with Gasteiger partial charge in [0.15, 0.2) is 0 Å². The van der Waals surface area contributed by atoms with Crippen molar-refractivity contribution in [2.45, 2.75) is 38.6 Å². The van der Waals surface area contributed by atoms with Crippen molar-refractivity contribution >= 4 is 5.78 Å². The third kappa shape index (κ3) is 2.27. The molecule has 2 N–H and O–H groups in total. The van der Waals surface area contributed by atoms with E-state index in [9.17, 15) is 4.79 Å². The van der Waals surface area contributed by atoms with Gasteiger partial charge < -0.3 is 10.5 Å². The minimum atomic E-state index is -0.360. The molecule has 0 saturated heterocycles. The summed E-state index contributed by atoms with van der Waals surface area (Å²) in [4.78, 5) is 12.5. The second-order valence-corrected chi connectivity index (χ2v) is 5.33. The fraction of sp³-hybridized carbons (Fsp3) is 0.533. The highest BCUT2D eigenvalue weighted by molar-refractivity contribution is 5.88. The summed E-state index contributed by atoms with van der Waals surface area (Å²) >= 11 is 0. The molecule has 0 radical (unpaired) electrons. The van der Waals surface area contributed by atoms with E-state index in [0.717, 1.165) is 30.6 Å². The number of ketones is 1. The zero-order chi connectivity index (χ0) is 13.2. The third-order valence-corrected chi connectivity index (χ3v) is 4.21. The Morgan fingerprint density at radius 3 is 2.83 bits per heavy atom. The first-order chi connectivity index (χ1) is 8.58. The van der Waals surface area contributed by atoms with Gasteiger partial charge in [0.05, 0.1) is 7.11 Å². The number of ether oxygens (including phenoxy) is 1. The molecule has 0 spiro atoms. The average Bonchev–Trinajstić information content (AvgIpc) is 2.71. The number of methoxy groups -OCH3 is 1. The van der Waals surface area contributed by atoms with Gasteiger partial charge >= 0.3 is 0 Å². The van der Waals surface area contributed by atoms with Gasteiger partial charge in [0.2, 0.25) is 0 Å². The summed E-state index contributed by atoms with van der Waals surface area (Å²) in [6.07, 6.45) is 3.32. The van der Waals surface area contributed by atoms with E-state index in [1.165, 1.54) is 0 Å². The summed E-state index contributed by atoms with van der Waals surface area (Å²) in [5, 5.41) is 0.